The number of hydrogen-bond donors (Lipinski definition) is 1. The summed E-state index contributed by atoms with van der Waals surface area (Å²) >= 11 is 0. The summed E-state index contributed by atoms with van der Waals surface area (Å²) in [6.07, 6.45) is 0.830. The number of carbonyl (C=O) groups is 1. The number of alkyl carbamates (subject to hydrolysis) is 1. The molecular formula is C12H23NO3. The van der Waals surface area contributed by atoms with Crippen molar-refractivity contribution in [2.75, 3.05) is 6.61 Å². The minimum atomic E-state index is -0.450. The lowest BCUT2D eigenvalue weighted by molar-refractivity contribution is 0.0474. The van der Waals surface area contributed by atoms with Crippen molar-refractivity contribution >= 4 is 6.09 Å². The second-order valence-electron chi connectivity index (χ2n) is 5.43. The number of amides is 1. The van der Waals surface area contributed by atoms with E-state index in [-0.39, 0.29) is 18.2 Å². The van der Waals surface area contributed by atoms with Crippen LogP contribution in [0.15, 0.2) is 0 Å². The minimum Gasteiger partial charge on any atom is -0.444 e. The molecule has 1 fully saturated rings. The zero-order valence-corrected chi connectivity index (χ0v) is 10.9. The van der Waals surface area contributed by atoms with Gasteiger partial charge in [0.1, 0.15) is 11.7 Å². The molecule has 0 radical (unpaired) electrons. The molecule has 1 amide bonds. The van der Waals surface area contributed by atoms with E-state index in [1.165, 1.54) is 0 Å². The fourth-order valence-electron chi connectivity index (χ4n) is 1.56. The van der Waals surface area contributed by atoms with Crippen LogP contribution in [0.4, 0.5) is 4.79 Å². The molecule has 16 heavy (non-hydrogen) atoms. The molecule has 4 nitrogen and oxygen atoms in total. The largest absolute Gasteiger partial charge is 0.444 e. The van der Waals surface area contributed by atoms with Crippen LogP contribution in [0.2, 0.25) is 0 Å². The van der Waals surface area contributed by atoms with Gasteiger partial charge in [-0.1, -0.05) is 20.3 Å². The molecule has 1 aliphatic rings. The van der Waals surface area contributed by atoms with Crippen LogP contribution in [0, 0.1) is 5.92 Å². The predicted octanol–water partition coefficient (Wildman–Crippen LogP) is 2.32. The first-order chi connectivity index (χ1) is 7.33. The molecule has 94 valence electrons. The first-order valence-electron chi connectivity index (χ1n) is 5.94. The first-order valence-corrected chi connectivity index (χ1v) is 5.94. The second-order valence-corrected chi connectivity index (χ2v) is 5.43. The van der Waals surface area contributed by atoms with Crippen molar-refractivity contribution in [2.45, 2.75) is 58.8 Å². The number of ether oxygens (including phenoxy) is 2. The van der Waals surface area contributed by atoms with Gasteiger partial charge in [0.15, 0.2) is 0 Å². The summed E-state index contributed by atoms with van der Waals surface area (Å²) < 4.78 is 10.5. The highest BCUT2D eigenvalue weighted by Gasteiger charge is 2.37. The number of nitrogens with one attached hydrogen (secondary N) is 1. The molecule has 4 heteroatoms. The van der Waals surface area contributed by atoms with E-state index in [9.17, 15) is 4.79 Å². The van der Waals surface area contributed by atoms with Gasteiger partial charge in [-0.2, -0.15) is 0 Å². The van der Waals surface area contributed by atoms with Crippen LogP contribution in [0.5, 0.6) is 0 Å². The van der Waals surface area contributed by atoms with Crippen LogP contribution in [-0.2, 0) is 9.47 Å². The van der Waals surface area contributed by atoms with E-state index in [1.54, 1.807) is 0 Å². The maximum Gasteiger partial charge on any atom is 0.407 e. The third-order valence-electron chi connectivity index (χ3n) is 2.70. The van der Waals surface area contributed by atoms with Gasteiger partial charge >= 0.3 is 6.09 Å². The van der Waals surface area contributed by atoms with E-state index in [1.807, 2.05) is 20.8 Å². The standard InChI is InChI=1S/C12H23NO3/c1-6-8(2)10(9-7-15-9)13-11(14)16-12(3,4)5/h8-10H,6-7H2,1-5H3,(H,13,14)/t8-,9-,10+/m1/s1. The molecule has 0 bridgehead atoms. The average molecular weight is 229 g/mol. The van der Waals surface area contributed by atoms with Crippen LogP contribution in [0.1, 0.15) is 41.0 Å². The highest BCUT2D eigenvalue weighted by molar-refractivity contribution is 5.68. The summed E-state index contributed by atoms with van der Waals surface area (Å²) in [5.41, 5.74) is -0.450. The van der Waals surface area contributed by atoms with Gasteiger partial charge in [0.05, 0.1) is 12.6 Å². The highest BCUT2D eigenvalue weighted by atomic mass is 16.6. The molecule has 0 aliphatic carbocycles. The van der Waals surface area contributed by atoms with E-state index >= 15 is 0 Å². The number of epoxide rings is 1. The van der Waals surface area contributed by atoms with Crippen LogP contribution in [0.3, 0.4) is 0 Å². The molecule has 0 saturated carbocycles. The molecular weight excluding hydrogens is 206 g/mol. The fraction of sp³-hybridized carbons (Fsp3) is 0.917. The van der Waals surface area contributed by atoms with Gasteiger partial charge in [-0.3, -0.25) is 0 Å². The molecule has 0 aromatic heterocycles. The average Bonchev–Trinajstić information content (AvgIpc) is 2.93. The summed E-state index contributed by atoms with van der Waals surface area (Å²) in [6.45, 7) is 10.5. The van der Waals surface area contributed by atoms with Gasteiger partial charge in [-0.05, 0) is 26.7 Å². The molecule has 3 atom stereocenters. The van der Waals surface area contributed by atoms with E-state index in [4.69, 9.17) is 9.47 Å². The molecule has 0 unspecified atom stereocenters. The maximum absolute atomic E-state index is 11.6. The zero-order valence-electron chi connectivity index (χ0n) is 10.9. The third kappa shape index (κ3) is 4.39. The summed E-state index contributed by atoms with van der Waals surface area (Å²) in [5, 5.41) is 2.90. The Bertz CT molecular complexity index is 243. The van der Waals surface area contributed by atoms with Crippen molar-refractivity contribution in [1.29, 1.82) is 0 Å². The lowest BCUT2D eigenvalue weighted by atomic mass is 9.97. The molecule has 1 saturated heterocycles. The van der Waals surface area contributed by atoms with Gasteiger partial charge in [-0.15, -0.1) is 0 Å². The minimum absolute atomic E-state index is 0.0693. The van der Waals surface area contributed by atoms with Crippen LogP contribution in [-0.4, -0.2) is 30.4 Å². The predicted molar refractivity (Wildman–Crippen MR) is 62.4 cm³/mol. The van der Waals surface area contributed by atoms with Gasteiger partial charge in [-0.25, -0.2) is 4.79 Å². The lowest BCUT2D eigenvalue weighted by Gasteiger charge is -2.25. The van der Waals surface area contributed by atoms with Crippen LogP contribution in [0.25, 0.3) is 0 Å². The molecule has 0 aromatic carbocycles. The first kappa shape index (κ1) is 13.3. The summed E-state index contributed by atoms with van der Waals surface area (Å²) in [4.78, 5) is 11.6. The quantitative estimate of drug-likeness (QED) is 0.753. The smallest absolute Gasteiger partial charge is 0.407 e. The Hall–Kier alpha value is -0.770. The zero-order chi connectivity index (χ0) is 12.3. The van der Waals surface area contributed by atoms with E-state index < -0.39 is 5.60 Å². The monoisotopic (exact) mass is 229 g/mol. The van der Waals surface area contributed by atoms with Gasteiger partial charge in [0.25, 0.3) is 0 Å². The Morgan fingerprint density at radius 1 is 1.56 bits per heavy atom. The lowest BCUT2D eigenvalue weighted by Crippen LogP contribution is -2.45. The SMILES string of the molecule is CC[C@@H](C)[C@H](NC(=O)OC(C)(C)C)[C@H]1CO1. The van der Waals surface area contributed by atoms with E-state index in [0.29, 0.717) is 5.92 Å². The van der Waals surface area contributed by atoms with E-state index in [0.717, 1.165) is 13.0 Å². The normalized spacial score (nSPS) is 23.4. The van der Waals surface area contributed by atoms with Crippen molar-refractivity contribution in [2.24, 2.45) is 5.92 Å². The summed E-state index contributed by atoms with van der Waals surface area (Å²) in [5.74, 6) is 0.403. The second kappa shape index (κ2) is 5.04. The Morgan fingerprint density at radius 3 is 2.50 bits per heavy atom. The van der Waals surface area contributed by atoms with Crippen molar-refractivity contribution in [3.63, 3.8) is 0 Å². The molecule has 1 N–H and O–H groups in total. The maximum atomic E-state index is 11.6. The van der Waals surface area contributed by atoms with Gasteiger partial charge in [0, 0.05) is 0 Å². The molecule has 1 aliphatic heterocycles. The highest BCUT2D eigenvalue weighted by Crippen LogP contribution is 2.22. The molecule has 0 aromatic rings. The topological polar surface area (TPSA) is 50.9 Å². The fourth-order valence-corrected chi connectivity index (χ4v) is 1.56. The van der Waals surface area contributed by atoms with Crippen molar-refractivity contribution < 1.29 is 14.3 Å². The molecule has 0 spiro atoms. The van der Waals surface area contributed by atoms with Crippen molar-refractivity contribution in [3.05, 3.63) is 0 Å². The number of carbonyl (C=O) groups excluding carboxylic acids is 1. The van der Waals surface area contributed by atoms with Gasteiger partial charge in [0.2, 0.25) is 0 Å². The van der Waals surface area contributed by atoms with Crippen LogP contribution < -0.4 is 5.32 Å². The Kier molecular flexibility index (Phi) is 4.19. The summed E-state index contributed by atoms with van der Waals surface area (Å²) in [7, 11) is 0. The molecule has 1 rings (SSSR count). The summed E-state index contributed by atoms with van der Waals surface area (Å²) in [6, 6.07) is 0.0693. The molecule has 1 heterocycles. The third-order valence-corrected chi connectivity index (χ3v) is 2.70. The number of hydrogen-bond acceptors (Lipinski definition) is 3. The Labute approximate surface area is 97.7 Å². The number of rotatable bonds is 4. The van der Waals surface area contributed by atoms with Crippen molar-refractivity contribution in [1.82, 2.24) is 5.32 Å². The van der Waals surface area contributed by atoms with Crippen LogP contribution >= 0.6 is 0 Å². The van der Waals surface area contributed by atoms with Gasteiger partial charge < -0.3 is 14.8 Å². The Balaban J connectivity index is 2.45. The van der Waals surface area contributed by atoms with Crippen molar-refractivity contribution in [3.8, 4) is 0 Å². The Morgan fingerprint density at radius 2 is 2.12 bits per heavy atom. The van der Waals surface area contributed by atoms with E-state index in [2.05, 4.69) is 19.2 Å².